The van der Waals surface area contributed by atoms with Gasteiger partial charge in [-0.3, -0.25) is 19.5 Å². The molecular weight excluding hydrogens is 306 g/mol. The Morgan fingerprint density at radius 1 is 1.17 bits per heavy atom. The van der Waals surface area contributed by atoms with E-state index in [0.29, 0.717) is 6.54 Å². The summed E-state index contributed by atoms with van der Waals surface area (Å²) < 4.78 is 0. The van der Waals surface area contributed by atoms with Gasteiger partial charge in [-0.05, 0) is 24.7 Å². The molecule has 0 bridgehead atoms. The molecule has 0 aliphatic carbocycles. The molecule has 1 aromatic heterocycles. The summed E-state index contributed by atoms with van der Waals surface area (Å²) in [6.45, 7) is 0.711. The fourth-order valence-corrected chi connectivity index (χ4v) is 2.42. The number of nitrogens with one attached hydrogen (secondary N) is 1. The Bertz CT molecular complexity index is 662. The number of aliphatic carboxylic acids is 1. The molecule has 0 fully saturated rings. The van der Waals surface area contributed by atoms with Gasteiger partial charge in [0.1, 0.15) is 0 Å². The molecule has 0 saturated carbocycles. The molecule has 0 aliphatic heterocycles. The number of pyridine rings is 1. The Morgan fingerprint density at radius 2 is 1.88 bits per heavy atom. The van der Waals surface area contributed by atoms with E-state index in [-0.39, 0.29) is 18.9 Å². The van der Waals surface area contributed by atoms with Crippen LogP contribution in [0.4, 0.5) is 0 Å². The molecule has 1 atom stereocenters. The Labute approximate surface area is 141 Å². The lowest BCUT2D eigenvalue weighted by Gasteiger charge is -2.20. The summed E-state index contributed by atoms with van der Waals surface area (Å²) >= 11 is 0. The van der Waals surface area contributed by atoms with Crippen molar-refractivity contribution in [2.75, 3.05) is 13.6 Å². The minimum Gasteiger partial charge on any atom is -0.481 e. The lowest BCUT2D eigenvalue weighted by Crippen LogP contribution is -2.37. The summed E-state index contributed by atoms with van der Waals surface area (Å²) in [4.78, 5) is 29.4. The number of carbonyl (C=O) groups excluding carboxylic acids is 1. The number of carbonyl (C=O) groups is 2. The number of nitrogens with zero attached hydrogens (tertiary/aromatic N) is 2. The number of hydrogen-bond acceptors (Lipinski definition) is 4. The Balaban J connectivity index is 1.93. The standard InChI is InChI=1S/C18H21N3O3/c1-21(12-15-9-5-6-10-19-15)13-17(22)20-16(11-18(23)24)14-7-3-2-4-8-14/h2-10,16H,11-13H2,1H3,(H,20,22)(H,23,24)/t16-/m0/s1. The van der Waals surface area contributed by atoms with Crippen molar-refractivity contribution in [2.45, 2.75) is 19.0 Å². The molecule has 2 N–H and O–H groups in total. The second kappa shape index (κ2) is 8.79. The van der Waals surface area contributed by atoms with Crippen LogP contribution in [-0.2, 0) is 16.1 Å². The van der Waals surface area contributed by atoms with Crippen molar-refractivity contribution in [1.29, 1.82) is 0 Å². The smallest absolute Gasteiger partial charge is 0.305 e. The van der Waals surface area contributed by atoms with Gasteiger partial charge in [0.25, 0.3) is 0 Å². The summed E-state index contributed by atoms with van der Waals surface area (Å²) in [5.41, 5.74) is 1.65. The predicted molar refractivity (Wildman–Crippen MR) is 90.1 cm³/mol. The first-order valence-electron chi connectivity index (χ1n) is 7.69. The average Bonchev–Trinajstić information content (AvgIpc) is 2.55. The molecule has 0 saturated heterocycles. The van der Waals surface area contributed by atoms with Crippen LogP contribution < -0.4 is 5.32 Å². The molecule has 1 heterocycles. The molecule has 24 heavy (non-hydrogen) atoms. The van der Waals surface area contributed by atoms with E-state index in [4.69, 9.17) is 5.11 Å². The van der Waals surface area contributed by atoms with E-state index >= 15 is 0 Å². The van der Waals surface area contributed by atoms with E-state index in [9.17, 15) is 9.59 Å². The zero-order valence-corrected chi connectivity index (χ0v) is 13.6. The van der Waals surface area contributed by atoms with E-state index in [1.165, 1.54) is 0 Å². The maximum absolute atomic E-state index is 12.2. The van der Waals surface area contributed by atoms with Gasteiger partial charge < -0.3 is 10.4 Å². The van der Waals surface area contributed by atoms with Crippen LogP contribution in [0.2, 0.25) is 0 Å². The van der Waals surface area contributed by atoms with E-state index < -0.39 is 12.0 Å². The van der Waals surface area contributed by atoms with Crippen LogP contribution in [0, 0.1) is 0 Å². The normalized spacial score (nSPS) is 11.9. The molecule has 6 heteroatoms. The number of amides is 1. The second-order valence-corrected chi connectivity index (χ2v) is 5.62. The van der Waals surface area contributed by atoms with Gasteiger partial charge >= 0.3 is 5.97 Å². The zero-order valence-electron chi connectivity index (χ0n) is 13.6. The molecular formula is C18H21N3O3. The van der Waals surface area contributed by atoms with Crippen LogP contribution in [0.15, 0.2) is 54.7 Å². The van der Waals surface area contributed by atoms with Crippen LogP contribution in [-0.4, -0.2) is 40.5 Å². The lowest BCUT2D eigenvalue weighted by atomic mass is 10.0. The third-order valence-electron chi connectivity index (χ3n) is 3.49. The number of carboxylic acid groups (broad SMARTS) is 1. The SMILES string of the molecule is CN(CC(=O)N[C@@H](CC(=O)O)c1ccccc1)Cc1ccccn1. The monoisotopic (exact) mass is 327 g/mol. The first kappa shape index (κ1) is 17.6. The first-order valence-corrected chi connectivity index (χ1v) is 7.69. The van der Waals surface area contributed by atoms with Crippen molar-refractivity contribution in [3.63, 3.8) is 0 Å². The molecule has 6 nitrogen and oxygen atoms in total. The van der Waals surface area contributed by atoms with Gasteiger partial charge in [-0.15, -0.1) is 0 Å². The average molecular weight is 327 g/mol. The molecule has 1 aromatic carbocycles. The largest absolute Gasteiger partial charge is 0.481 e. The van der Waals surface area contributed by atoms with E-state index in [1.807, 2.05) is 60.5 Å². The number of benzene rings is 1. The maximum atomic E-state index is 12.2. The van der Waals surface area contributed by atoms with E-state index in [2.05, 4.69) is 10.3 Å². The third kappa shape index (κ3) is 5.81. The quantitative estimate of drug-likeness (QED) is 0.773. The molecule has 0 spiro atoms. The van der Waals surface area contributed by atoms with Crippen LogP contribution in [0.3, 0.4) is 0 Å². The van der Waals surface area contributed by atoms with Crippen molar-refractivity contribution >= 4 is 11.9 Å². The molecule has 2 rings (SSSR count). The van der Waals surface area contributed by atoms with Gasteiger partial charge in [-0.25, -0.2) is 0 Å². The highest BCUT2D eigenvalue weighted by Crippen LogP contribution is 2.16. The van der Waals surface area contributed by atoms with Crippen molar-refractivity contribution in [2.24, 2.45) is 0 Å². The van der Waals surface area contributed by atoms with Gasteiger partial charge in [-0.1, -0.05) is 36.4 Å². The van der Waals surface area contributed by atoms with Gasteiger partial charge in [0.2, 0.25) is 5.91 Å². The fraction of sp³-hybridized carbons (Fsp3) is 0.278. The topological polar surface area (TPSA) is 82.5 Å². The highest BCUT2D eigenvalue weighted by Gasteiger charge is 2.18. The Hall–Kier alpha value is -2.73. The summed E-state index contributed by atoms with van der Waals surface area (Å²) in [5, 5.41) is 11.9. The van der Waals surface area contributed by atoms with Crippen LogP contribution in [0.1, 0.15) is 23.7 Å². The minimum atomic E-state index is -0.953. The van der Waals surface area contributed by atoms with Crippen LogP contribution in [0.5, 0.6) is 0 Å². The van der Waals surface area contributed by atoms with Gasteiger partial charge in [0.15, 0.2) is 0 Å². The molecule has 0 unspecified atom stereocenters. The van der Waals surface area contributed by atoms with Crippen LogP contribution in [0.25, 0.3) is 0 Å². The third-order valence-corrected chi connectivity index (χ3v) is 3.49. The summed E-state index contributed by atoms with van der Waals surface area (Å²) in [5.74, 6) is -1.17. The zero-order chi connectivity index (χ0) is 17.4. The highest BCUT2D eigenvalue weighted by molar-refractivity contribution is 5.79. The molecule has 0 radical (unpaired) electrons. The number of aromatic nitrogens is 1. The van der Waals surface area contributed by atoms with Gasteiger partial charge in [0, 0.05) is 12.7 Å². The summed E-state index contributed by atoms with van der Waals surface area (Å²) in [6.07, 6.45) is 1.56. The molecule has 2 aromatic rings. The fourth-order valence-electron chi connectivity index (χ4n) is 2.42. The number of rotatable bonds is 8. The van der Waals surface area contributed by atoms with Gasteiger partial charge in [-0.2, -0.15) is 0 Å². The number of hydrogen-bond donors (Lipinski definition) is 2. The lowest BCUT2D eigenvalue weighted by molar-refractivity contribution is -0.137. The number of likely N-dealkylation sites (N-methyl/N-ethyl adjacent to an activating group) is 1. The van der Waals surface area contributed by atoms with Gasteiger partial charge in [0.05, 0.1) is 24.7 Å². The first-order chi connectivity index (χ1) is 11.5. The van der Waals surface area contributed by atoms with Crippen molar-refractivity contribution < 1.29 is 14.7 Å². The predicted octanol–water partition coefficient (Wildman–Crippen LogP) is 1.85. The summed E-state index contributed by atoms with van der Waals surface area (Å²) in [7, 11) is 1.82. The highest BCUT2D eigenvalue weighted by atomic mass is 16.4. The maximum Gasteiger partial charge on any atom is 0.305 e. The number of carboxylic acids is 1. The Morgan fingerprint density at radius 3 is 2.50 bits per heavy atom. The van der Waals surface area contributed by atoms with Crippen LogP contribution >= 0.6 is 0 Å². The van der Waals surface area contributed by atoms with Crippen molar-refractivity contribution in [3.05, 3.63) is 66.0 Å². The Kier molecular flexibility index (Phi) is 6.45. The van der Waals surface area contributed by atoms with Crippen molar-refractivity contribution in [3.8, 4) is 0 Å². The molecule has 0 aliphatic rings. The van der Waals surface area contributed by atoms with Crippen molar-refractivity contribution in [1.82, 2.24) is 15.2 Å². The second-order valence-electron chi connectivity index (χ2n) is 5.62. The summed E-state index contributed by atoms with van der Waals surface area (Å²) in [6, 6.07) is 14.2. The minimum absolute atomic E-state index is 0.153. The molecule has 126 valence electrons. The van der Waals surface area contributed by atoms with E-state index in [1.54, 1.807) is 6.20 Å². The van der Waals surface area contributed by atoms with E-state index in [0.717, 1.165) is 11.3 Å². The molecule has 1 amide bonds.